The monoisotopic (exact) mass is 231 g/mol. The second-order valence-corrected chi connectivity index (χ2v) is 4.00. The van der Waals surface area contributed by atoms with Gasteiger partial charge in [-0.15, -0.1) is 5.10 Å². The van der Waals surface area contributed by atoms with Gasteiger partial charge in [-0.1, -0.05) is 6.92 Å². The van der Waals surface area contributed by atoms with Gasteiger partial charge < -0.3 is 5.73 Å². The molecule has 0 amide bonds. The maximum Gasteiger partial charge on any atom is 0.180 e. The van der Waals surface area contributed by atoms with Crippen molar-refractivity contribution in [2.75, 3.05) is 0 Å². The lowest BCUT2D eigenvalue weighted by molar-refractivity contribution is 0.762. The molecule has 90 valence electrons. The van der Waals surface area contributed by atoms with Gasteiger partial charge in [-0.25, -0.2) is 4.68 Å². The van der Waals surface area contributed by atoms with Gasteiger partial charge in [0, 0.05) is 17.8 Å². The molecule has 5 heteroatoms. The molecule has 0 unspecified atom stereocenters. The maximum absolute atomic E-state index is 5.71. The fourth-order valence-corrected chi connectivity index (χ4v) is 2.08. The summed E-state index contributed by atoms with van der Waals surface area (Å²) in [6.45, 7) is 6.63. The Kier molecular flexibility index (Phi) is 3.19. The normalized spacial score (nSPS) is 10.8. The minimum atomic E-state index is 0.435. The molecule has 0 atom stereocenters. The molecule has 0 aliphatic heterocycles. The molecule has 2 heterocycles. The van der Waals surface area contributed by atoms with Crippen molar-refractivity contribution in [3.63, 3.8) is 0 Å². The number of nitrogens with two attached hydrogens (primary N) is 1. The Morgan fingerprint density at radius 3 is 2.71 bits per heavy atom. The van der Waals surface area contributed by atoms with Crippen LogP contribution >= 0.6 is 0 Å². The van der Waals surface area contributed by atoms with Crippen molar-refractivity contribution >= 4 is 0 Å². The molecule has 0 bridgehead atoms. The van der Waals surface area contributed by atoms with Crippen molar-refractivity contribution in [2.24, 2.45) is 5.73 Å². The summed E-state index contributed by atoms with van der Waals surface area (Å²) in [5, 5.41) is 12.6. The van der Waals surface area contributed by atoms with Gasteiger partial charge >= 0.3 is 0 Å². The first-order chi connectivity index (χ1) is 8.19. The number of hydrogen-bond donors (Lipinski definition) is 1. The Morgan fingerprint density at radius 2 is 2.12 bits per heavy atom. The number of nitrogens with zero attached hydrogens (tertiary/aromatic N) is 4. The van der Waals surface area contributed by atoms with Crippen molar-refractivity contribution in [1.29, 1.82) is 0 Å². The van der Waals surface area contributed by atoms with Gasteiger partial charge in [0.05, 0.1) is 11.9 Å². The van der Waals surface area contributed by atoms with Gasteiger partial charge in [-0.05, 0) is 31.9 Å². The van der Waals surface area contributed by atoms with Crippen molar-refractivity contribution in [3.8, 4) is 5.82 Å². The van der Waals surface area contributed by atoms with Crippen molar-refractivity contribution in [3.05, 3.63) is 34.8 Å². The van der Waals surface area contributed by atoms with Crippen LogP contribution in [0.25, 0.3) is 5.82 Å². The SMILES string of the molecule is CCc1c(C)nn(-c2nnccc2CN)c1C. The van der Waals surface area contributed by atoms with Crippen LogP contribution in [0.15, 0.2) is 12.3 Å². The van der Waals surface area contributed by atoms with E-state index in [1.165, 1.54) is 5.56 Å². The summed E-state index contributed by atoms with van der Waals surface area (Å²) in [7, 11) is 0. The summed E-state index contributed by atoms with van der Waals surface area (Å²) in [5.74, 6) is 0.732. The fraction of sp³-hybridized carbons (Fsp3) is 0.417. The quantitative estimate of drug-likeness (QED) is 0.864. The van der Waals surface area contributed by atoms with Crippen molar-refractivity contribution in [1.82, 2.24) is 20.0 Å². The molecule has 0 fully saturated rings. The highest BCUT2D eigenvalue weighted by Crippen LogP contribution is 2.18. The van der Waals surface area contributed by atoms with Crippen LogP contribution in [0.3, 0.4) is 0 Å². The van der Waals surface area contributed by atoms with Crippen LogP contribution in [-0.2, 0) is 13.0 Å². The molecule has 5 nitrogen and oxygen atoms in total. The zero-order valence-electron chi connectivity index (χ0n) is 10.4. The summed E-state index contributed by atoms with van der Waals surface area (Å²) in [4.78, 5) is 0. The minimum Gasteiger partial charge on any atom is -0.326 e. The van der Waals surface area contributed by atoms with Crippen LogP contribution in [0.2, 0.25) is 0 Å². The van der Waals surface area contributed by atoms with Gasteiger partial charge in [0.25, 0.3) is 0 Å². The van der Waals surface area contributed by atoms with Gasteiger partial charge in [0.1, 0.15) is 0 Å². The molecule has 0 aliphatic rings. The summed E-state index contributed by atoms with van der Waals surface area (Å²) >= 11 is 0. The lowest BCUT2D eigenvalue weighted by Gasteiger charge is -2.07. The van der Waals surface area contributed by atoms with E-state index in [1.807, 2.05) is 24.6 Å². The van der Waals surface area contributed by atoms with Gasteiger partial charge in [-0.3, -0.25) is 0 Å². The third-order valence-corrected chi connectivity index (χ3v) is 3.00. The molecule has 0 radical (unpaired) electrons. The number of aromatic nitrogens is 4. The average Bonchev–Trinajstić information content (AvgIpc) is 2.64. The Balaban J connectivity index is 2.61. The predicted molar refractivity (Wildman–Crippen MR) is 65.9 cm³/mol. The molecular formula is C12H17N5. The topological polar surface area (TPSA) is 69.6 Å². The lowest BCUT2D eigenvalue weighted by Crippen LogP contribution is -2.10. The van der Waals surface area contributed by atoms with Crippen LogP contribution in [0.5, 0.6) is 0 Å². The third kappa shape index (κ3) is 1.93. The molecule has 0 aliphatic carbocycles. The molecule has 2 aromatic rings. The van der Waals surface area contributed by atoms with E-state index < -0.39 is 0 Å². The zero-order chi connectivity index (χ0) is 12.4. The van der Waals surface area contributed by atoms with E-state index >= 15 is 0 Å². The molecule has 0 spiro atoms. The maximum atomic E-state index is 5.71. The highest BCUT2D eigenvalue weighted by Gasteiger charge is 2.14. The van der Waals surface area contributed by atoms with Crippen LogP contribution < -0.4 is 5.73 Å². The first kappa shape index (κ1) is 11.7. The molecule has 0 aromatic carbocycles. The number of rotatable bonds is 3. The van der Waals surface area contributed by atoms with E-state index in [2.05, 4.69) is 22.2 Å². The van der Waals surface area contributed by atoms with Crippen LogP contribution in [-0.4, -0.2) is 20.0 Å². The first-order valence-electron chi connectivity index (χ1n) is 5.75. The van der Waals surface area contributed by atoms with E-state index in [-0.39, 0.29) is 0 Å². The number of hydrogen-bond acceptors (Lipinski definition) is 4. The Morgan fingerprint density at radius 1 is 1.35 bits per heavy atom. The summed E-state index contributed by atoms with van der Waals surface area (Å²) in [5.41, 5.74) is 10.1. The molecule has 0 saturated heterocycles. The zero-order valence-corrected chi connectivity index (χ0v) is 10.4. The van der Waals surface area contributed by atoms with Gasteiger partial charge in [-0.2, -0.15) is 10.2 Å². The molecule has 17 heavy (non-hydrogen) atoms. The fourth-order valence-electron chi connectivity index (χ4n) is 2.08. The van der Waals surface area contributed by atoms with Crippen LogP contribution in [0.4, 0.5) is 0 Å². The molecule has 2 aromatic heterocycles. The predicted octanol–water partition coefficient (Wildman–Crippen LogP) is 1.30. The van der Waals surface area contributed by atoms with Gasteiger partial charge in [0.2, 0.25) is 0 Å². The third-order valence-electron chi connectivity index (χ3n) is 3.00. The molecule has 0 saturated carbocycles. The van der Waals surface area contributed by atoms with Gasteiger partial charge in [0.15, 0.2) is 5.82 Å². The average molecular weight is 231 g/mol. The smallest absolute Gasteiger partial charge is 0.180 e. The molecule has 2 rings (SSSR count). The van der Waals surface area contributed by atoms with E-state index in [0.717, 1.165) is 29.2 Å². The summed E-state index contributed by atoms with van der Waals surface area (Å²) in [6, 6.07) is 1.88. The van der Waals surface area contributed by atoms with Crippen LogP contribution in [0.1, 0.15) is 29.4 Å². The number of aryl methyl sites for hydroxylation is 1. The first-order valence-corrected chi connectivity index (χ1v) is 5.75. The Bertz CT molecular complexity index is 530. The van der Waals surface area contributed by atoms with Crippen molar-refractivity contribution in [2.45, 2.75) is 33.7 Å². The lowest BCUT2D eigenvalue weighted by atomic mass is 10.1. The van der Waals surface area contributed by atoms with Crippen molar-refractivity contribution < 1.29 is 0 Å². The minimum absolute atomic E-state index is 0.435. The summed E-state index contributed by atoms with van der Waals surface area (Å²) < 4.78 is 1.84. The van der Waals surface area contributed by atoms with E-state index in [0.29, 0.717) is 6.54 Å². The molecular weight excluding hydrogens is 214 g/mol. The second-order valence-electron chi connectivity index (χ2n) is 4.00. The van der Waals surface area contributed by atoms with Crippen LogP contribution in [0, 0.1) is 13.8 Å². The largest absolute Gasteiger partial charge is 0.326 e. The highest BCUT2D eigenvalue weighted by atomic mass is 15.3. The Labute approximate surface area is 101 Å². The molecule has 2 N–H and O–H groups in total. The summed E-state index contributed by atoms with van der Waals surface area (Å²) in [6.07, 6.45) is 2.62. The highest BCUT2D eigenvalue weighted by molar-refractivity contribution is 5.36. The second kappa shape index (κ2) is 4.63. The Hall–Kier alpha value is -1.75. The van der Waals surface area contributed by atoms with E-state index in [9.17, 15) is 0 Å². The van der Waals surface area contributed by atoms with E-state index in [1.54, 1.807) is 6.20 Å². The van der Waals surface area contributed by atoms with E-state index in [4.69, 9.17) is 5.73 Å². The standard InChI is InChI=1S/C12H17N5/c1-4-11-8(2)16-17(9(11)3)12-10(7-13)5-6-14-15-12/h5-6H,4,7,13H2,1-3H3.